The number of amides is 1. The number of likely N-dealkylation sites (N-methyl/N-ethyl adjacent to an activating group) is 1. The van der Waals surface area contributed by atoms with Crippen LogP contribution in [-0.2, 0) is 26.5 Å². The molecule has 6 N–H and O–H groups in total. The van der Waals surface area contributed by atoms with Gasteiger partial charge >= 0.3 is 5.97 Å². The minimum atomic E-state index is -1.80. The highest BCUT2D eigenvalue weighted by Gasteiger charge is 2.45. The van der Waals surface area contributed by atoms with Gasteiger partial charge in [-0.3, -0.25) is 9.59 Å². The summed E-state index contributed by atoms with van der Waals surface area (Å²) in [5, 5.41) is 42.7. The summed E-state index contributed by atoms with van der Waals surface area (Å²) in [6.45, 7) is 1.76. The number of phenols is 1. The number of hydrogen-bond donors (Lipinski definition) is 6. The number of pyridine rings is 1. The summed E-state index contributed by atoms with van der Waals surface area (Å²) in [7, 11) is 2.03. The lowest BCUT2D eigenvalue weighted by Gasteiger charge is -2.35. The number of esters is 1. The molecule has 0 saturated heterocycles. The van der Waals surface area contributed by atoms with E-state index in [0.29, 0.717) is 65.0 Å². The molecule has 0 unspecified atom stereocenters. The SMILES string of the molecule is CN(CCNC(=O)COc1ccc(CNC[C@@H](O)c2ccc(O)c3[nH]c(=O)ccc23)cc1)C1CCC(OC(=O)C(O)(c2cccs2)c2cccs2)CC1. The number of hydrogen-bond acceptors (Lipinski definition) is 12. The van der Waals surface area contributed by atoms with Gasteiger partial charge in [0.1, 0.15) is 17.6 Å². The molecule has 2 aromatic carbocycles. The predicted molar refractivity (Wildman–Crippen MR) is 204 cm³/mol. The molecule has 1 aliphatic rings. The van der Waals surface area contributed by atoms with Gasteiger partial charge in [0, 0.05) is 43.7 Å². The summed E-state index contributed by atoms with van der Waals surface area (Å²) >= 11 is 2.66. The van der Waals surface area contributed by atoms with Crippen LogP contribution in [0.1, 0.15) is 52.7 Å². The highest BCUT2D eigenvalue weighted by molar-refractivity contribution is 7.12. The van der Waals surface area contributed by atoms with E-state index >= 15 is 0 Å². The van der Waals surface area contributed by atoms with Crippen molar-refractivity contribution < 1.29 is 34.4 Å². The number of aromatic amines is 1. The van der Waals surface area contributed by atoms with Gasteiger partial charge < -0.3 is 45.3 Å². The van der Waals surface area contributed by atoms with E-state index in [1.807, 2.05) is 42.1 Å². The Balaban J connectivity index is 0.865. The zero-order valence-electron chi connectivity index (χ0n) is 29.3. The van der Waals surface area contributed by atoms with Crippen LogP contribution in [0.4, 0.5) is 0 Å². The van der Waals surface area contributed by atoms with Crippen LogP contribution >= 0.6 is 22.7 Å². The zero-order chi connectivity index (χ0) is 37.4. The zero-order valence-corrected chi connectivity index (χ0v) is 31.0. The first-order chi connectivity index (χ1) is 25.6. The van der Waals surface area contributed by atoms with E-state index in [2.05, 4.69) is 20.5 Å². The van der Waals surface area contributed by atoms with Crippen molar-refractivity contribution in [1.82, 2.24) is 20.5 Å². The number of fused-ring (bicyclic) bond motifs is 1. The number of aromatic nitrogens is 1. The summed E-state index contributed by atoms with van der Waals surface area (Å²) in [5.74, 6) is -0.346. The van der Waals surface area contributed by atoms with Crippen molar-refractivity contribution in [3.63, 3.8) is 0 Å². The molecule has 0 aliphatic heterocycles. The summed E-state index contributed by atoms with van der Waals surface area (Å²) in [4.78, 5) is 43.4. The van der Waals surface area contributed by atoms with Gasteiger partial charge in [-0.15, -0.1) is 22.7 Å². The average molecular weight is 761 g/mol. The first-order valence-corrected chi connectivity index (χ1v) is 19.3. The number of nitrogens with one attached hydrogen (secondary N) is 3. The van der Waals surface area contributed by atoms with E-state index in [0.717, 1.165) is 18.4 Å². The molecule has 0 radical (unpaired) electrons. The average Bonchev–Trinajstić information content (AvgIpc) is 3.91. The lowest BCUT2D eigenvalue weighted by atomic mass is 9.91. The first kappa shape index (κ1) is 38.2. The van der Waals surface area contributed by atoms with Crippen molar-refractivity contribution >= 4 is 45.5 Å². The second kappa shape index (κ2) is 17.5. The maximum absolute atomic E-state index is 13.3. The minimum Gasteiger partial charge on any atom is -0.506 e. The second-order valence-electron chi connectivity index (χ2n) is 13.2. The van der Waals surface area contributed by atoms with Gasteiger partial charge in [0.2, 0.25) is 11.2 Å². The molecule has 6 rings (SSSR count). The van der Waals surface area contributed by atoms with Gasteiger partial charge in [0.15, 0.2) is 6.61 Å². The number of nitrogens with zero attached hydrogens (tertiary/aromatic N) is 1. The molecule has 0 bridgehead atoms. The van der Waals surface area contributed by atoms with Crippen LogP contribution in [0.15, 0.2) is 88.4 Å². The van der Waals surface area contributed by atoms with Gasteiger partial charge in [-0.25, -0.2) is 4.79 Å². The summed E-state index contributed by atoms with van der Waals surface area (Å²) in [5.41, 5.74) is -0.295. The Morgan fingerprint density at radius 2 is 1.68 bits per heavy atom. The Labute approximate surface area is 315 Å². The van der Waals surface area contributed by atoms with E-state index in [1.165, 1.54) is 34.8 Å². The van der Waals surface area contributed by atoms with Crippen molar-refractivity contribution in [2.75, 3.05) is 33.3 Å². The van der Waals surface area contributed by atoms with E-state index < -0.39 is 17.7 Å². The van der Waals surface area contributed by atoms with E-state index in [-0.39, 0.29) is 42.0 Å². The lowest BCUT2D eigenvalue weighted by molar-refractivity contribution is -0.169. The van der Waals surface area contributed by atoms with E-state index in [4.69, 9.17) is 9.47 Å². The molecule has 14 heteroatoms. The Morgan fingerprint density at radius 3 is 2.34 bits per heavy atom. The minimum absolute atomic E-state index is 0.0572. The van der Waals surface area contributed by atoms with Gasteiger partial charge in [-0.05, 0) is 91.0 Å². The smallest absolute Gasteiger partial charge is 0.349 e. The van der Waals surface area contributed by atoms with Crippen LogP contribution in [0, 0.1) is 0 Å². The Morgan fingerprint density at radius 1 is 0.981 bits per heavy atom. The largest absolute Gasteiger partial charge is 0.506 e. The number of thiophene rings is 2. The highest BCUT2D eigenvalue weighted by Crippen LogP contribution is 2.38. The molecule has 1 fully saturated rings. The quantitative estimate of drug-likeness (QED) is 0.0792. The summed E-state index contributed by atoms with van der Waals surface area (Å²) < 4.78 is 11.6. The second-order valence-corrected chi connectivity index (χ2v) is 15.1. The van der Waals surface area contributed by atoms with Gasteiger partial charge in [-0.1, -0.05) is 30.3 Å². The highest BCUT2D eigenvalue weighted by atomic mass is 32.1. The fraction of sp³-hybridized carbons (Fsp3) is 0.359. The molecule has 1 atom stereocenters. The van der Waals surface area contributed by atoms with Crippen LogP contribution in [0.5, 0.6) is 11.5 Å². The standard InChI is InChI=1S/C39H44N4O8S2/c1-43(26-8-12-28(13-9-26)51-38(48)39(49,33-4-2-20-52-33)34-5-3-21-53-34)19-18-41-36(47)24-50-27-10-6-25(7-11-27)22-40-23-32(45)29-14-16-31(44)37-30(29)15-17-35(46)42-37/h2-7,10-11,14-17,20-21,26,28,32,40,44-45,49H,8-9,12-13,18-19,22-24H2,1H3,(H,41,47)(H,42,46)/t26?,28?,32-/m1/s1. The number of carbonyl (C=O) groups is 2. The van der Waals surface area contributed by atoms with Gasteiger partial charge in [-0.2, -0.15) is 0 Å². The molecule has 3 heterocycles. The summed E-state index contributed by atoms with van der Waals surface area (Å²) in [6, 6.07) is 20.8. The number of rotatable bonds is 16. The molecule has 0 spiro atoms. The molecule has 1 aliphatic carbocycles. The fourth-order valence-corrected chi connectivity index (χ4v) is 8.32. The lowest BCUT2D eigenvalue weighted by Crippen LogP contribution is -2.43. The van der Waals surface area contributed by atoms with Gasteiger partial charge in [0.05, 0.1) is 21.4 Å². The van der Waals surface area contributed by atoms with Crippen molar-refractivity contribution in [3.8, 4) is 11.5 Å². The van der Waals surface area contributed by atoms with Crippen molar-refractivity contribution in [2.45, 2.75) is 56.1 Å². The predicted octanol–water partition coefficient (Wildman–Crippen LogP) is 4.40. The van der Waals surface area contributed by atoms with Gasteiger partial charge in [0.25, 0.3) is 5.91 Å². The number of aromatic hydroxyl groups is 1. The van der Waals surface area contributed by atoms with Crippen LogP contribution in [0.25, 0.3) is 10.9 Å². The van der Waals surface area contributed by atoms with Crippen LogP contribution in [-0.4, -0.2) is 82.5 Å². The first-order valence-electron chi connectivity index (χ1n) is 17.6. The molecular weight excluding hydrogens is 717 g/mol. The number of carbonyl (C=O) groups excluding carboxylic acids is 2. The number of aliphatic hydroxyl groups excluding tert-OH is 1. The fourth-order valence-electron chi connectivity index (χ4n) is 6.60. The topological polar surface area (TPSA) is 173 Å². The summed E-state index contributed by atoms with van der Waals surface area (Å²) in [6.07, 6.45) is 1.95. The van der Waals surface area contributed by atoms with Crippen LogP contribution in [0.2, 0.25) is 0 Å². The molecule has 1 saturated carbocycles. The van der Waals surface area contributed by atoms with Crippen molar-refractivity contribution in [2.24, 2.45) is 0 Å². The third-order valence-electron chi connectivity index (χ3n) is 9.60. The molecule has 3 aromatic heterocycles. The number of aliphatic hydroxyl groups is 2. The normalized spacial score (nSPS) is 16.8. The Kier molecular flexibility index (Phi) is 12.6. The maximum Gasteiger partial charge on any atom is 0.349 e. The number of phenolic OH excluding ortho intramolecular Hbond substituents is 1. The third-order valence-corrected chi connectivity index (χ3v) is 11.6. The van der Waals surface area contributed by atoms with E-state index in [9.17, 15) is 29.7 Å². The Hall–Kier alpha value is -4.57. The Bertz CT molecular complexity index is 1980. The van der Waals surface area contributed by atoms with Crippen molar-refractivity contribution in [1.29, 1.82) is 0 Å². The third kappa shape index (κ3) is 9.33. The molecule has 280 valence electrons. The molecule has 12 nitrogen and oxygen atoms in total. The molecular formula is C39H44N4O8S2. The van der Waals surface area contributed by atoms with E-state index in [1.54, 1.807) is 36.4 Å². The molecule has 1 amide bonds. The molecule has 53 heavy (non-hydrogen) atoms. The number of ether oxygens (including phenoxy) is 2. The number of H-pyrrole nitrogens is 1. The van der Waals surface area contributed by atoms with Crippen molar-refractivity contribution in [3.05, 3.63) is 115 Å². The molecule has 5 aromatic rings. The monoisotopic (exact) mass is 760 g/mol. The number of benzene rings is 2. The van der Waals surface area contributed by atoms with Crippen LogP contribution < -0.4 is 20.9 Å². The maximum atomic E-state index is 13.3. The van der Waals surface area contributed by atoms with Crippen LogP contribution in [0.3, 0.4) is 0 Å².